The first-order chi connectivity index (χ1) is 7.65. The van der Waals surface area contributed by atoms with Crippen LogP contribution in [0.2, 0.25) is 0 Å². The predicted molar refractivity (Wildman–Crippen MR) is 67.1 cm³/mol. The number of fused-ring (bicyclic) bond motifs is 1. The molecule has 0 saturated heterocycles. The van der Waals surface area contributed by atoms with Crippen LogP contribution in [0.15, 0.2) is 18.2 Å². The Kier molecular flexibility index (Phi) is 3.14. The standard InChI is InChI=1S/C11H14N2O2S/c1-7(2)12-11(16)13-8-3-4-9-10(5-8)15-6-14-9/h3-5,7H,6H2,1-2H3,(H2,12,13,16). The number of anilines is 1. The second kappa shape index (κ2) is 4.57. The number of hydrogen-bond acceptors (Lipinski definition) is 3. The summed E-state index contributed by atoms with van der Waals surface area (Å²) in [6.45, 7) is 4.36. The van der Waals surface area contributed by atoms with Gasteiger partial charge >= 0.3 is 0 Å². The summed E-state index contributed by atoms with van der Waals surface area (Å²) in [5.41, 5.74) is 0.891. The van der Waals surface area contributed by atoms with E-state index in [2.05, 4.69) is 10.6 Å². The van der Waals surface area contributed by atoms with E-state index < -0.39 is 0 Å². The molecule has 86 valence electrons. The number of rotatable bonds is 2. The molecular weight excluding hydrogens is 224 g/mol. The van der Waals surface area contributed by atoms with E-state index in [1.807, 2.05) is 32.0 Å². The molecule has 0 radical (unpaired) electrons. The smallest absolute Gasteiger partial charge is 0.231 e. The first-order valence-electron chi connectivity index (χ1n) is 5.12. The normalized spacial score (nSPS) is 12.7. The van der Waals surface area contributed by atoms with Crippen LogP contribution in [0.3, 0.4) is 0 Å². The Labute approximate surface area is 99.9 Å². The summed E-state index contributed by atoms with van der Waals surface area (Å²) in [7, 11) is 0. The quantitative estimate of drug-likeness (QED) is 0.772. The van der Waals surface area contributed by atoms with Crippen molar-refractivity contribution in [3.05, 3.63) is 18.2 Å². The van der Waals surface area contributed by atoms with Crippen LogP contribution in [0.5, 0.6) is 11.5 Å². The van der Waals surface area contributed by atoms with E-state index in [9.17, 15) is 0 Å². The topological polar surface area (TPSA) is 42.5 Å². The minimum Gasteiger partial charge on any atom is -0.454 e. The van der Waals surface area contributed by atoms with Gasteiger partial charge in [-0.05, 0) is 38.2 Å². The molecule has 0 spiro atoms. The number of ether oxygens (including phenoxy) is 2. The molecule has 2 N–H and O–H groups in total. The molecule has 0 aromatic heterocycles. The zero-order chi connectivity index (χ0) is 11.5. The first kappa shape index (κ1) is 11.0. The van der Waals surface area contributed by atoms with Crippen molar-refractivity contribution in [3.63, 3.8) is 0 Å². The van der Waals surface area contributed by atoms with Gasteiger partial charge in [-0.1, -0.05) is 0 Å². The molecule has 0 saturated carbocycles. The highest BCUT2D eigenvalue weighted by molar-refractivity contribution is 7.80. The zero-order valence-electron chi connectivity index (χ0n) is 9.24. The van der Waals surface area contributed by atoms with Crippen LogP contribution in [0, 0.1) is 0 Å². The summed E-state index contributed by atoms with van der Waals surface area (Å²) in [4.78, 5) is 0. The monoisotopic (exact) mass is 238 g/mol. The summed E-state index contributed by atoms with van der Waals surface area (Å²) in [5, 5.41) is 6.80. The van der Waals surface area contributed by atoms with Crippen LogP contribution < -0.4 is 20.1 Å². The minimum atomic E-state index is 0.285. The Morgan fingerprint density at radius 1 is 1.31 bits per heavy atom. The van der Waals surface area contributed by atoms with E-state index in [1.54, 1.807) is 0 Å². The molecule has 16 heavy (non-hydrogen) atoms. The second-order valence-corrected chi connectivity index (χ2v) is 4.23. The van der Waals surface area contributed by atoms with E-state index in [4.69, 9.17) is 21.7 Å². The van der Waals surface area contributed by atoms with Gasteiger partial charge in [0.1, 0.15) is 0 Å². The van der Waals surface area contributed by atoms with E-state index in [1.165, 1.54) is 0 Å². The van der Waals surface area contributed by atoms with Crippen LogP contribution in [0.25, 0.3) is 0 Å². The Bertz CT molecular complexity index is 407. The molecule has 0 fully saturated rings. The van der Waals surface area contributed by atoms with Crippen molar-refractivity contribution < 1.29 is 9.47 Å². The second-order valence-electron chi connectivity index (χ2n) is 3.82. The van der Waals surface area contributed by atoms with Crippen LogP contribution >= 0.6 is 12.2 Å². The van der Waals surface area contributed by atoms with Crippen molar-refractivity contribution in [3.8, 4) is 11.5 Å². The lowest BCUT2D eigenvalue weighted by Crippen LogP contribution is -2.33. The number of hydrogen-bond donors (Lipinski definition) is 2. The molecular formula is C11H14N2O2S. The van der Waals surface area contributed by atoms with Crippen molar-refractivity contribution in [2.24, 2.45) is 0 Å². The van der Waals surface area contributed by atoms with Gasteiger partial charge in [0.15, 0.2) is 16.6 Å². The summed E-state index contributed by atoms with van der Waals surface area (Å²) in [5.74, 6) is 1.52. The van der Waals surface area contributed by atoms with Gasteiger partial charge in [-0.25, -0.2) is 0 Å². The molecule has 1 aromatic carbocycles. The highest BCUT2D eigenvalue weighted by Gasteiger charge is 2.13. The molecule has 0 amide bonds. The molecule has 0 unspecified atom stereocenters. The van der Waals surface area contributed by atoms with Crippen LogP contribution in [-0.4, -0.2) is 17.9 Å². The third-order valence-corrected chi connectivity index (χ3v) is 2.27. The number of nitrogens with one attached hydrogen (secondary N) is 2. The predicted octanol–water partition coefficient (Wildman–Crippen LogP) is 2.11. The molecule has 4 nitrogen and oxygen atoms in total. The average molecular weight is 238 g/mol. The van der Waals surface area contributed by atoms with Crippen molar-refractivity contribution >= 4 is 23.0 Å². The van der Waals surface area contributed by atoms with Crippen molar-refractivity contribution in [1.82, 2.24) is 5.32 Å². The van der Waals surface area contributed by atoms with Gasteiger partial charge in [0.2, 0.25) is 6.79 Å². The number of thiocarbonyl (C=S) groups is 1. The Morgan fingerprint density at radius 3 is 2.81 bits per heavy atom. The summed E-state index contributed by atoms with van der Waals surface area (Å²) in [6.07, 6.45) is 0. The molecule has 2 rings (SSSR count). The van der Waals surface area contributed by atoms with E-state index in [0.29, 0.717) is 11.2 Å². The van der Waals surface area contributed by atoms with Crippen LogP contribution in [0.1, 0.15) is 13.8 Å². The largest absolute Gasteiger partial charge is 0.454 e. The highest BCUT2D eigenvalue weighted by atomic mass is 32.1. The van der Waals surface area contributed by atoms with Gasteiger partial charge in [-0.2, -0.15) is 0 Å². The summed E-state index contributed by atoms with van der Waals surface area (Å²) >= 11 is 5.15. The number of benzene rings is 1. The van der Waals surface area contributed by atoms with Gasteiger partial charge in [0.25, 0.3) is 0 Å². The lowest BCUT2D eigenvalue weighted by Gasteiger charge is -2.13. The molecule has 0 atom stereocenters. The molecule has 0 bridgehead atoms. The van der Waals surface area contributed by atoms with Gasteiger partial charge < -0.3 is 20.1 Å². The fourth-order valence-corrected chi connectivity index (χ4v) is 1.76. The van der Waals surface area contributed by atoms with Crippen LogP contribution in [-0.2, 0) is 0 Å². The molecule has 1 aromatic rings. The van der Waals surface area contributed by atoms with Crippen molar-refractivity contribution in [2.45, 2.75) is 19.9 Å². The SMILES string of the molecule is CC(C)NC(=S)Nc1ccc2c(c1)OCO2. The fraction of sp³-hybridized carbons (Fsp3) is 0.364. The van der Waals surface area contributed by atoms with Crippen LogP contribution in [0.4, 0.5) is 5.69 Å². The van der Waals surface area contributed by atoms with E-state index >= 15 is 0 Å². The molecule has 5 heteroatoms. The van der Waals surface area contributed by atoms with Crippen molar-refractivity contribution in [2.75, 3.05) is 12.1 Å². The molecule has 1 aliphatic heterocycles. The molecule has 0 aliphatic carbocycles. The third kappa shape index (κ3) is 2.55. The van der Waals surface area contributed by atoms with Gasteiger partial charge in [0, 0.05) is 17.8 Å². The average Bonchev–Trinajstić information content (AvgIpc) is 2.63. The fourth-order valence-electron chi connectivity index (χ4n) is 1.40. The third-order valence-electron chi connectivity index (χ3n) is 2.05. The van der Waals surface area contributed by atoms with E-state index in [0.717, 1.165) is 17.2 Å². The van der Waals surface area contributed by atoms with Gasteiger partial charge in [-0.15, -0.1) is 0 Å². The lowest BCUT2D eigenvalue weighted by atomic mass is 10.3. The lowest BCUT2D eigenvalue weighted by molar-refractivity contribution is 0.174. The Morgan fingerprint density at radius 2 is 2.06 bits per heavy atom. The maximum absolute atomic E-state index is 5.28. The van der Waals surface area contributed by atoms with Gasteiger partial charge in [0.05, 0.1) is 0 Å². The maximum Gasteiger partial charge on any atom is 0.231 e. The van der Waals surface area contributed by atoms with E-state index in [-0.39, 0.29) is 6.79 Å². The summed E-state index contributed by atoms with van der Waals surface area (Å²) < 4.78 is 10.5. The summed E-state index contributed by atoms with van der Waals surface area (Å²) in [6, 6.07) is 5.95. The maximum atomic E-state index is 5.28. The minimum absolute atomic E-state index is 0.285. The first-order valence-corrected chi connectivity index (χ1v) is 5.53. The van der Waals surface area contributed by atoms with Gasteiger partial charge in [-0.3, -0.25) is 0 Å². The Hall–Kier alpha value is -1.49. The Balaban J connectivity index is 2.02. The highest BCUT2D eigenvalue weighted by Crippen LogP contribution is 2.34. The zero-order valence-corrected chi connectivity index (χ0v) is 10.1. The van der Waals surface area contributed by atoms with Crippen molar-refractivity contribution in [1.29, 1.82) is 0 Å². The molecule has 1 aliphatic rings. The molecule has 1 heterocycles.